The minimum absolute atomic E-state index is 0.124. The number of carbonyl (C=O) groups is 2. The van der Waals surface area contributed by atoms with Crippen LogP contribution >= 0.6 is 11.3 Å². The van der Waals surface area contributed by atoms with Crippen LogP contribution in [0.25, 0.3) is 0 Å². The normalized spacial score (nSPS) is 15.3. The van der Waals surface area contributed by atoms with Gasteiger partial charge in [-0.2, -0.15) is 9.57 Å². The van der Waals surface area contributed by atoms with E-state index in [2.05, 4.69) is 10.3 Å². The standard InChI is InChI=1S/C19H20N4O5S2/c1-2-28-18(25)16-12-29-19(21-16)22-17(24)14-7-9-23(10-8-14)30(26,27)15-5-3-13(11-20)4-6-15/h3-6,12,14H,2,7-10H2,1H3,(H,21,22,24). The number of aromatic nitrogens is 1. The van der Waals surface area contributed by atoms with Gasteiger partial charge in [0, 0.05) is 24.4 Å². The average molecular weight is 449 g/mol. The number of esters is 1. The number of anilines is 1. The van der Waals surface area contributed by atoms with Crippen LogP contribution in [0.4, 0.5) is 5.13 Å². The summed E-state index contributed by atoms with van der Waals surface area (Å²) in [6.07, 6.45) is 0.745. The number of carbonyl (C=O) groups excluding carboxylic acids is 2. The molecule has 0 bridgehead atoms. The average Bonchev–Trinajstić information content (AvgIpc) is 3.22. The van der Waals surface area contributed by atoms with Crippen molar-refractivity contribution in [2.45, 2.75) is 24.7 Å². The molecule has 0 unspecified atom stereocenters. The molecular formula is C19H20N4O5S2. The molecule has 1 N–H and O–H groups in total. The third-order valence-electron chi connectivity index (χ3n) is 4.66. The molecule has 1 saturated heterocycles. The number of thiazole rings is 1. The van der Waals surface area contributed by atoms with E-state index < -0.39 is 16.0 Å². The molecule has 1 aliphatic heterocycles. The molecule has 1 aromatic heterocycles. The Hall–Kier alpha value is -2.81. The Balaban J connectivity index is 1.57. The predicted molar refractivity (Wildman–Crippen MR) is 109 cm³/mol. The molecule has 0 atom stereocenters. The highest BCUT2D eigenvalue weighted by atomic mass is 32.2. The Labute approximate surface area is 178 Å². The van der Waals surface area contributed by atoms with E-state index in [4.69, 9.17) is 10.00 Å². The van der Waals surface area contributed by atoms with E-state index in [0.717, 1.165) is 11.3 Å². The summed E-state index contributed by atoms with van der Waals surface area (Å²) in [7, 11) is -3.68. The van der Waals surface area contributed by atoms with Crippen LogP contribution in [0.1, 0.15) is 35.8 Å². The summed E-state index contributed by atoms with van der Waals surface area (Å²) in [6, 6.07) is 7.71. The van der Waals surface area contributed by atoms with E-state index in [1.807, 2.05) is 6.07 Å². The van der Waals surface area contributed by atoms with Gasteiger partial charge in [-0.1, -0.05) is 0 Å². The quantitative estimate of drug-likeness (QED) is 0.671. The highest BCUT2D eigenvalue weighted by Gasteiger charge is 2.32. The number of piperidine rings is 1. The maximum atomic E-state index is 12.8. The molecule has 0 aliphatic carbocycles. The number of nitrogens with one attached hydrogen (secondary N) is 1. The molecule has 2 heterocycles. The third-order valence-corrected chi connectivity index (χ3v) is 7.34. The van der Waals surface area contributed by atoms with E-state index in [1.165, 1.54) is 34.0 Å². The van der Waals surface area contributed by atoms with Gasteiger partial charge in [0.1, 0.15) is 0 Å². The molecule has 158 valence electrons. The molecule has 11 heteroatoms. The summed E-state index contributed by atoms with van der Waals surface area (Å²) in [6.45, 7) is 2.36. The monoisotopic (exact) mass is 448 g/mol. The number of hydrogen-bond acceptors (Lipinski definition) is 8. The number of nitrogens with zero attached hydrogens (tertiary/aromatic N) is 3. The molecule has 0 radical (unpaired) electrons. The van der Waals surface area contributed by atoms with Crippen molar-refractivity contribution in [1.29, 1.82) is 5.26 Å². The Bertz CT molecular complexity index is 1070. The maximum Gasteiger partial charge on any atom is 0.357 e. The Morgan fingerprint density at radius 1 is 1.30 bits per heavy atom. The van der Waals surface area contributed by atoms with Crippen molar-refractivity contribution < 1.29 is 22.7 Å². The predicted octanol–water partition coefficient (Wildman–Crippen LogP) is 2.23. The number of ether oxygens (including phenoxy) is 1. The van der Waals surface area contributed by atoms with E-state index in [-0.39, 0.29) is 42.1 Å². The number of sulfonamides is 1. The van der Waals surface area contributed by atoms with Crippen LogP contribution in [-0.4, -0.2) is 49.3 Å². The minimum atomic E-state index is -3.68. The number of rotatable bonds is 6. The molecule has 30 heavy (non-hydrogen) atoms. The van der Waals surface area contributed by atoms with Crippen molar-refractivity contribution >= 4 is 38.4 Å². The highest BCUT2D eigenvalue weighted by Crippen LogP contribution is 2.26. The summed E-state index contributed by atoms with van der Waals surface area (Å²) >= 11 is 1.13. The van der Waals surface area contributed by atoms with Gasteiger partial charge in [-0.05, 0) is 44.0 Å². The molecule has 0 spiro atoms. The number of nitriles is 1. The summed E-state index contributed by atoms with van der Waals surface area (Å²) in [5, 5.41) is 13.3. The first-order chi connectivity index (χ1) is 14.3. The molecule has 1 aliphatic rings. The van der Waals surface area contributed by atoms with Crippen LogP contribution in [0.5, 0.6) is 0 Å². The molecule has 1 amide bonds. The Kier molecular flexibility index (Phi) is 6.81. The minimum Gasteiger partial charge on any atom is -0.461 e. The van der Waals surface area contributed by atoms with Gasteiger partial charge in [0.05, 0.1) is 23.1 Å². The van der Waals surface area contributed by atoms with E-state index >= 15 is 0 Å². The first kappa shape index (κ1) is 21.9. The van der Waals surface area contributed by atoms with E-state index in [1.54, 1.807) is 6.92 Å². The van der Waals surface area contributed by atoms with Crippen molar-refractivity contribution in [3.8, 4) is 6.07 Å². The highest BCUT2D eigenvalue weighted by molar-refractivity contribution is 7.89. The fourth-order valence-corrected chi connectivity index (χ4v) is 5.20. The topological polar surface area (TPSA) is 129 Å². The SMILES string of the molecule is CCOC(=O)c1csc(NC(=O)C2CCN(S(=O)(=O)c3ccc(C#N)cc3)CC2)n1. The van der Waals surface area contributed by atoms with Gasteiger partial charge < -0.3 is 10.1 Å². The smallest absolute Gasteiger partial charge is 0.357 e. The van der Waals surface area contributed by atoms with Crippen molar-refractivity contribution in [3.63, 3.8) is 0 Å². The summed E-state index contributed by atoms with van der Waals surface area (Å²) in [4.78, 5) is 28.3. The molecule has 0 saturated carbocycles. The van der Waals surface area contributed by atoms with Crippen LogP contribution in [-0.2, 0) is 19.6 Å². The third kappa shape index (κ3) is 4.84. The van der Waals surface area contributed by atoms with E-state index in [9.17, 15) is 18.0 Å². The van der Waals surface area contributed by atoms with Crippen LogP contribution in [0.2, 0.25) is 0 Å². The maximum absolute atomic E-state index is 12.8. The number of benzene rings is 1. The van der Waals surface area contributed by atoms with Gasteiger partial charge in [0.15, 0.2) is 10.8 Å². The van der Waals surface area contributed by atoms with Crippen molar-refractivity contribution in [1.82, 2.24) is 9.29 Å². The second-order valence-corrected chi connectivity index (χ2v) is 9.36. The molecule has 1 fully saturated rings. The number of amides is 1. The van der Waals surface area contributed by atoms with Crippen LogP contribution in [0, 0.1) is 17.2 Å². The van der Waals surface area contributed by atoms with Gasteiger partial charge >= 0.3 is 5.97 Å². The van der Waals surface area contributed by atoms with Gasteiger partial charge in [0.25, 0.3) is 0 Å². The Morgan fingerprint density at radius 2 is 1.97 bits per heavy atom. The lowest BCUT2D eigenvalue weighted by Gasteiger charge is -2.30. The van der Waals surface area contributed by atoms with Gasteiger partial charge in [-0.15, -0.1) is 11.3 Å². The van der Waals surface area contributed by atoms with Crippen molar-refractivity contribution in [2.75, 3.05) is 25.0 Å². The summed E-state index contributed by atoms with van der Waals surface area (Å²) in [5.41, 5.74) is 0.526. The zero-order chi connectivity index (χ0) is 21.7. The fraction of sp³-hybridized carbons (Fsp3) is 0.368. The van der Waals surface area contributed by atoms with Crippen LogP contribution in [0.3, 0.4) is 0 Å². The van der Waals surface area contributed by atoms with E-state index in [0.29, 0.717) is 23.5 Å². The molecule has 9 nitrogen and oxygen atoms in total. The Morgan fingerprint density at radius 3 is 2.57 bits per heavy atom. The molecule has 2 aromatic rings. The van der Waals surface area contributed by atoms with Crippen LogP contribution in [0.15, 0.2) is 34.5 Å². The first-order valence-corrected chi connectivity index (χ1v) is 11.6. The lowest BCUT2D eigenvalue weighted by Crippen LogP contribution is -2.41. The molecular weight excluding hydrogens is 428 g/mol. The van der Waals surface area contributed by atoms with Gasteiger partial charge in [0.2, 0.25) is 15.9 Å². The van der Waals surface area contributed by atoms with Crippen molar-refractivity contribution in [3.05, 3.63) is 40.9 Å². The summed E-state index contributed by atoms with van der Waals surface area (Å²) in [5.74, 6) is -1.15. The fourth-order valence-electron chi connectivity index (χ4n) is 3.05. The largest absolute Gasteiger partial charge is 0.461 e. The zero-order valence-corrected chi connectivity index (χ0v) is 17.8. The van der Waals surface area contributed by atoms with Crippen molar-refractivity contribution in [2.24, 2.45) is 5.92 Å². The van der Waals surface area contributed by atoms with Crippen LogP contribution < -0.4 is 5.32 Å². The summed E-state index contributed by atoms with van der Waals surface area (Å²) < 4.78 is 31.7. The zero-order valence-electron chi connectivity index (χ0n) is 16.2. The second kappa shape index (κ2) is 9.34. The molecule has 3 rings (SSSR count). The second-order valence-electron chi connectivity index (χ2n) is 6.56. The lowest BCUT2D eigenvalue weighted by atomic mass is 9.97. The van der Waals surface area contributed by atoms with Gasteiger partial charge in [-0.25, -0.2) is 18.2 Å². The lowest BCUT2D eigenvalue weighted by molar-refractivity contribution is -0.120. The number of hydrogen-bond donors (Lipinski definition) is 1. The van der Waals surface area contributed by atoms with Gasteiger partial charge in [-0.3, -0.25) is 4.79 Å². The molecule has 1 aromatic carbocycles. The first-order valence-electron chi connectivity index (χ1n) is 9.29.